The number of halogens is 2. The van der Waals surface area contributed by atoms with Gasteiger partial charge in [-0.2, -0.15) is 0 Å². The highest BCUT2D eigenvalue weighted by Gasteiger charge is 2.15. The van der Waals surface area contributed by atoms with Gasteiger partial charge in [-0.05, 0) is 41.6 Å². The van der Waals surface area contributed by atoms with Crippen LogP contribution in [0.1, 0.15) is 20.8 Å². The van der Waals surface area contributed by atoms with E-state index in [4.69, 9.17) is 23.2 Å². The Morgan fingerprint density at radius 3 is 2.41 bits per heavy atom. The lowest BCUT2D eigenvalue weighted by atomic mass is 10.1. The molecule has 0 radical (unpaired) electrons. The lowest BCUT2D eigenvalue weighted by molar-refractivity contribution is 0.0996. The molecule has 0 N–H and O–H groups in total. The summed E-state index contributed by atoms with van der Waals surface area (Å²) in [5, 5.41) is 3.00. The minimum atomic E-state index is 0.0625. The molecule has 88 valence electrons. The van der Waals surface area contributed by atoms with E-state index in [-0.39, 0.29) is 12.2 Å². The highest BCUT2D eigenvalue weighted by Crippen LogP contribution is 2.27. The number of ketones is 1. The molecule has 1 heterocycles. The Morgan fingerprint density at radius 1 is 1.24 bits per heavy atom. The Morgan fingerprint density at radius 2 is 1.88 bits per heavy atom. The largest absolute Gasteiger partial charge is 0.293 e. The predicted octanol–water partition coefficient (Wildman–Crippen LogP) is 4.79. The van der Waals surface area contributed by atoms with Crippen molar-refractivity contribution in [2.45, 2.75) is 13.3 Å². The van der Waals surface area contributed by atoms with Crippen LogP contribution in [0.4, 0.5) is 0 Å². The van der Waals surface area contributed by atoms with Gasteiger partial charge in [-0.1, -0.05) is 29.3 Å². The molecule has 0 aliphatic carbocycles. The van der Waals surface area contributed by atoms with Crippen molar-refractivity contribution in [2.75, 3.05) is 0 Å². The fourth-order valence-corrected chi connectivity index (χ4v) is 3.00. The van der Waals surface area contributed by atoms with E-state index in [1.807, 2.05) is 18.4 Å². The third-order valence-electron chi connectivity index (χ3n) is 2.51. The zero-order valence-corrected chi connectivity index (χ0v) is 11.5. The monoisotopic (exact) mass is 284 g/mol. The van der Waals surface area contributed by atoms with Crippen LogP contribution in [0, 0.1) is 6.92 Å². The topological polar surface area (TPSA) is 17.1 Å². The van der Waals surface area contributed by atoms with Gasteiger partial charge in [0.25, 0.3) is 0 Å². The van der Waals surface area contributed by atoms with E-state index in [1.165, 1.54) is 11.3 Å². The van der Waals surface area contributed by atoms with Gasteiger partial charge < -0.3 is 0 Å². The molecule has 0 bridgehead atoms. The summed E-state index contributed by atoms with van der Waals surface area (Å²) in [4.78, 5) is 12.9. The first-order valence-electron chi connectivity index (χ1n) is 5.10. The lowest BCUT2D eigenvalue weighted by Gasteiger charge is -2.05. The molecule has 4 heteroatoms. The second-order valence-corrected chi connectivity index (χ2v) is 5.46. The van der Waals surface area contributed by atoms with Crippen LogP contribution in [0.5, 0.6) is 0 Å². The second-order valence-electron chi connectivity index (χ2n) is 3.73. The zero-order valence-electron chi connectivity index (χ0n) is 9.17. The molecule has 0 saturated heterocycles. The molecule has 0 aliphatic heterocycles. The predicted molar refractivity (Wildman–Crippen MR) is 73.6 cm³/mol. The number of rotatable bonds is 3. The van der Waals surface area contributed by atoms with Gasteiger partial charge >= 0.3 is 0 Å². The first kappa shape index (κ1) is 12.6. The number of aryl methyl sites for hydroxylation is 1. The summed E-state index contributed by atoms with van der Waals surface area (Å²) >= 11 is 13.5. The number of carbonyl (C=O) groups excluding carboxylic acids is 1. The molecular formula is C13H10Cl2OS. The maximum absolute atomic E-state index is 12.1. The van der Waals surface area contributed by atoms with Gasteiger partial charge in [0.15, 0.2) is 5.78 Å². The molecule has 0 amide bonds. The van der Waals surface area contributed by atoms with E-state index in [0.29, 0.717) is 15.6 Å². The Bertz CT molecular complexity index is 540. The molecule has 0 aliphatic rings. The number of hydrogen-bond donors (Lipinski definition) is 0. The molecule has 17 heavy (non-hydrogen) atoms. The van der Waals surface area contributed by atoms with Crippen LogP contribution in [-0.2, 0) is 6.42 Å². The minimum Gasteiger partial charge on any atom is -0.293 e. The van der Waals surface area contributed by atoms with Gasteiger partial charge in [-0.15, -0.1) is 11.3 Å². The van der Waals surface area contributed by atoms with Crippen LogP contribution in [0.25, 0.3) is 0 Å². The normalized spacial score (nSPS) is 10.5. The average molecular weight is 285 g/mol. The SMILES string of the molecule is Cc1ccsc1C(=O)Cc1c(Cl)cccc1Cl. The van der Waals surface area contributed by atoms with Crippen LogP contribution in [-0.4, -0.2) is 5.78 Å². The van der Waals surface area contributed by atoms with Gasteiger partial charge in [-0.3, -0.25) is 4.79 Å². The van der Waals surface area contributed by atoms with Crippen molar-refractivity contribution >= 4 is 40.3 Å². The zero-order chi connectivity index (χ0) is 12.4. The van der Waals surface area contributed by atoms with Gasteiger partial charge in [-0.25, -0.2) is 0 Å². The van der Waals surface area contributed by atoms with E-state index < -0.39 is 0 Å². The minimum absolute atomic E-state index is 0.0625. The summed E-state index contributed by atoms with van der Waals surface area (Å²) in [5.74, 6) is 0.0625. The molecule has 2 rings (SSSR count). The van der Waals surface area contributed by atoms with Crippen LogP contribution >= 0.6 is 34.5 Å². The molecule has 0 atom stereocenters. The fourth-order valence-electron chi connectivity index (χ4n) is 1.60. The first-order chi connectivity index (χ1) is 8.09. The molecule has 0 spiro atoms. The van der Waals surface area contributed by atoms with Crippen molar-refractivity contribution in [3.8, 4) is 0 Å². The summed E-state index contributed by atoms with van der Waals surface area (Å²) in [7, 11) is 0. The lowest BCUT2D eigenvalue weighted by Crippen LogP contribution is -2.03. The average Bonchev–Trinajstić information content (AvgIpc) is 2.70. The summed E-state index contributed by atoms with van der Waals surface area (Å²) < 4.78 is 0. The van der Waals surface area contributed by atoms with Crippen molar-refractivity contribution in [2.24, 2.45) is 0 Å². The Hall–Kier alpha value is -0.830. The number of carbonyl (C=O) groups is 1. The number of thiophene rings is 1. The van der Waals surface area contributed by atoms with Gasteiger partial charge in [0.2, 0.25) is 0 Å². The van der Waals surface area contributed by atoms with Crippen molar-refractivity contribution < 1.29 is 4.79 Å². The molecule has 2 aromatic rings. The van der Waals surface area contributed by atoms with Crippen LogP contribution in [0.3, 0.4) is 0 Å². The Labute approximate surface area is 114 Å². The highest BCUT2D eigenvalue weighted by atomic mass is 35.5. The number of Topliss-reactive ketones (excluding diaryl/α,β-unsaturated/α-hetero) is 1. The van der Waals surface area contributed by atoms with E-state index in [2.05, 4.69) is 0 Å². The summed E-state index contributed by atoms with van der Waals surface area (Å²) in [6.45, 7) is 1.93. The van der Waals surface area contributed by atoms with Crippen molar-refractivity contribution in [1.29, 1.82) is 0 Å². The Balaban J connectivity index is 2.28. The molecule has 0 fully saturated rings. The smallest absolute Gasteiger partial charge is 0.177 e. The van der Waals surface area contributed by atoms with E-state index in [1.54, 1.807) is 18.2 Å². The second kappa shape index (κ2) is 5.21. The van der Waals surface area contributed by atoms with Crippen LogP contribution in [0.2, 0.25) is 10.0 Å². The summed E-state index contributed by atoms with van der Waals surface area (Å²) in [5.41, 5.74) is 1.71. The summed E-state index contributed by atoms with van der Waals surface area (Å²) in [6.07, 6.45) is 0.250. The molecule has 1 aromatic heterocycles. The molecule has 1 nitrogen and oxygen atoms in total. The van der Waals surface area contributed by atoms with Crippen LogP contribution in [0.15, 0.2) is 29.6 Å². The quantitative estimate of drug-likeness (QED) is 0.741. The highest BCUT2D eigenvalue weighted by molar-refractivity contribution is 7.12. The van der Waals surface area contributed by atoms with Gasteiger partial charge in [0.05, 0.1) is 4.88 Å². The molecular weight excluding hydrogens is 275 g/mol. The Kier molecular flexibility index (Phi) is 3.87. The van der Waals surface area contributed by atoms with Crippen LogP contribution < -0.4 is 0 Å². The summed E-state index contributed by atoms with van der Waals surface area (Å²) in [6, 6.07) is 7.20. The van der Waals surface area contributed by atoms with Crippen molar-refractivity contribution in [3.05, 3.63) is 55.7 Å². The van der Waals surface area contributed by atoms with E-state index in [9.17, 15) is 4.79 Å². The third kappa shape index (κ3) is 2.71. The molecule has 0 saturated carbocycles. The van der Waals surface area contributed by atoms with Gasteiger partial charge in [0.1, 0.15) is 0 Å². The standard InChI is InChI=1S/C13H10Cl2OS/c1-8-5-6-17-13(8)12(16)7-9-10(14)3-2-4-11(9)15/h2-6H,7H2,1H3. The van der Waals surface area contributed by atoms with E-state index in [0.717, 1.165) is 10.4 Å². The number of benzene rings is 1. The van der Waals surface area contributed by atoms with Crippen molar-refractivity contribution in [1.82, 2.24) is 0 Å². The van der Waals surface area contributed by atoms with E-state index >= 15 is 0 Å². The molecule has 0 unspecified atom stereocenters. The third-order valence-corrected chi connectivity index (χ3v) is 4.28. The maximum Gasteiger partial charge on any atom is 0.177 e. The maximum atomic E-state index is 12.1. The van der Waals surface area contributed by atoms with Gasteiger partial charge in [0, 0.05) is 16.5 Å². The number of hydrogen-bond acceptors (Lipinski definition) is 2. The van der Waals surface area contributed by atoms with Crippen molar-refractivity contribution in [3.63, 3.8) is 0 Å². The molecule has 1 aromatic carbocycles. The first-order valence-corrected chi connectivity index (χ1v) is 6.73. The fraction of sp³-hybridized carbons (Fsp3) is 0.154.